The molecule has 1 amide bonds. The van der Waals surface area contributed by atoms with E-state index in [1.165, 1.54) is 18.3 Å². The maximum atomic E-state index is 13.8. The first-order chi connectivity index (χ1) is 14.1. The standard InChI is InChI=1S/C20H18F2N6O/c21-14-4-3-5-15(22)18(14)26-19(29)16-7-9-24-20(25-16)28-12-10-27(11-13-28)17-6-1-2-8-23-17/h1-9H,10-13H2,(H,26,29). The van der Waals surface area contributed by atoms with Crippen molar-refractivity contribution in [1.29, 1.82) is 0 Å². The number of para-hydroxylation sites is 1. The van der Waals surface area contributed by atoms with Crippen LogP contribution in [0, 0.1) is 11.6 Å². The number of rotatable bonds is 4. The van der Waals surface area contributed by atoms with Crippen molar-refractivity contribution in [2.24, 2.45) is 0 Å². The summed E-state index contributed by atoms with van der Waals surface area (Å²) in [7, 11) is 0. The first-order valence-electron chi connectivity index (χ1n) is 9.11. The van der Waals surface area contributed by atoms with Crippen LogP contribution in [0.1, 0.15) is 10.5 Å². The second kappa shape index (κ2) is 8.17. The molecule has 7 nitrogen and oxygen atoms in total. The number of carbonyl (C=O) groups excluding carboxylic acids is 1. The van der Waals surface area contributed by atoms with Gasteiger partial charge in [-0.05, 0) is 30.3 Å². The molecule has 1 aliphatic rings. The summed E-state index contributed by atoms with van der Waals surface area (Å²) in [5.74, 6) is -1.10. The van der Waals surface area contributed by atoms with Gasteiger partial charge in [-0.3, -0.25) is 4.79 Å². The number of carbonyl (C=O) groups is 1. The minimum atomic E-state index is -0.849. The molecule has 0 bridgehead atoms. The Labute approximate surface area is 166 Å². The van der Waals surface area contributed by atoms with Gasteiger partial charge in [-0.2, -0.15) is 0 Å². The van der Waals surface area contributed by atoms with Crippen LogP contribution in [0.2, 0.25) is 0 Å². The number of amides is 1. The monoisotopic (exact) mass is 396 g/mol. The van der Waals surface area contributed by atoms with Crippen molar-refractivity contribution in [2.75, 3.05) is 41.3 Å². The van der Waals surface area contributed by atoms with Gasteiger partial charge < -0.3 is 15.1 Å². The van der Waals surface area contributed by atoms with Crippen molar-refractivity contribution in [1.82, 2.24) is 15.0 Å². The van der Waals surface area contributed by atoms with Gasteiger partial charge in [0.05, 0.1) is 0 Å². The zero-order valence-electron chi connectivity index (χ0n) is 15.4. The molecule has 2 aromatic heterocycles. The number of nitrogens with zero attached hydrogens (tertiary/aromatic N) is 5. The summed E-state index contributed by atoms with van der Waals surface area (Å²) in [5, 5.41) is 2.24. The molecule has 0 unspecified atom stereocenters. The van der Waals surface area contributed by atoms with Gasteiger partial charge in [0.15, 0.2) is 0 Å². The highest BCUT2D eigenvalue weighted by Crippen LogP contribution is 2.20. The molecule has 0 spiro atoms. The fourth-order valence-electron chi connectivity index (χ4n) is 3.10. The van der Waals surface area contributed by atoms with E-state index < -0.39 is 23.2 Å². The third kappa shape index (κ3) is 4.13. The predicted molar refractivity (Wildman–Crippen MR) is 105 cm³/mol. The molecule has 148 valence electrons. The lowest BCUT2D eigenvalue weighted by Gasteiger charge is -2.35. The van der Waals surface area contributed by atoms with Crippen LogP contribution in [0.4, 0.5) is 26.2 Å². The van der Waals surface area contributed by atoms with Crippen molar-refractivity contribution < 1.29 is 13.6 Å². The summed E-state index contributed by atoms with van der Waals surface area (Å²) in [4.78, 5) is 29.4. The molecule has 0 atom stereocenters. The lowest BCUT2D eigenvalue weighted by molar-refractivity contribution is 0.102. The molecule has 4 rings (SSSR count). The summed E-state index contributed by atoms with van der Waals surface area (Å²) in [5.41, 5.74) is -0.466. The van der Waals surface area contributed by atoms with E-state index in [0.717, 1.165) is 31.0 Å². The van der Waals surface area contributed by atoms with E-state index in [4.69, 9.17) is 0 Å². The summed E-state index contributed by atoms with van der Waals surface area (Å²) in [6.45, 7) is 2.78. The SMILES string of the molecule is O=C(Nc1c(F)cccc1F)c1ccnc(N2CCN(c3ccccn3)CC2)n1. The maximum Gasteiger partial charge on any atom is 0.274 e. The number of anilines is 3. The van der Waals surface area contributed by atoms with Gasteiger partial charge in [-0.15, -0.1) is 0 Å². The molecule has 9 heteroatoms. The minimum absolute atomic E-state index is 0.0322. The molecular formula is C20H18F2N6O. The molecule has 1 N–H and O–H groups in total. The normalized spacial score (nSPS) is 14.0. The van der Waals surface area contributed by atoms with Crippen LogP contribution in [-0.2, 0) is 0 Å². The Morgan fingerprint density at radius 3 is 2.28 bits per heavy atom. The van der Waals surface area contributed by atoms with Gasteiger partial charge in [0, 0.05) is 38.6 Å². The highest BCUT2D eigenvalue weighted by atomic mass is 19.1. The van der Waals surface area contributed by atoms with Gasteiger partial charge in [0.2, 0.25) is 5.95 Å². The average molecular weight is 396 g/mol. The average Bonchev–Trinajstić information content (AvgIpc) is 2.77. The van der Waals surface area contributed by atoms with Gasteiger partial charge in [0.25, 0.3) is 5.91 Å². The van der Waals surface area contributed by atoms with E-state index in [9.17, 15) is 13.6 Å². The summed E-state index contributed by atoms with van der Waals surface area (Å²) < 4.78 is 27.5. The van der Waals surface area contributed by atoms with E-state index in [2.05, 4.69) is 25.2 Å². The number of hydrogen-bond donors (Lipinski definition) is 1. The zero-order valence-corrected chi connectivity index (χ0v) is 15.4. The number of pyridine rings is 1. The van der Waals surface area contributed by atoms with E-state index >= 15 is 0 Å². The predicted octanol–water partition coefficient (Wildman–Crippen LogP) is 2.73. The lowest BCUT2D eigenvalue weighted by atomic mass is 10.2. The number of nitrogens with one attached hydrogen (secondary N) is 1. The van der Waals surface area contributed by atoms with Crippen LogP contribution in [0.5, 0.6) is 0 Å². The van der Waals surface area contributed by atoms with Gasteiger partial charge in [-0.1, -0.05) is 12.1 Å². The fraction of sp³-hybridized carbons (Fsp3) is 0.200. The second-order valence-corrected chi connectivity index (χ2v) is 6.45. The fourth-order valence-corrected chi connectivity index (χ4v) is 3.10. The topological polar surface area (TPSA) is 74.2 Å². The number of aromatic nitrogens is 3. The van der Waals surface area contributed by atoms with Crippen LogP contribution in [-0.4, -0.2) is 47.0 Å². The maximum absolute atomic E-state index is 13.8. The molecular weight excluding hydrogens is 378 g/mol. The quantitative estimate of drug-likeness (QED) is 0.731. The van der Waals surface area contributed by atoms with Crippen LogP contribution in [0.3, 0.4) is 0 Å². The lowest BCUT2D eigenvalue weighted by Crippen LogP contribution is -2.47. The smallest absolute Gasteiger partial charge is 0.274 e. The van der Waals surface area contributed by atoms with Crippen LogP contribution >= 0.6 is 0 Å². The van der Waals surface area contributed by atoms with Gasteiger partial charge in [-0.25, -0.2) is 23.7 Å². The van der Waals surface area contributed by atoms with Crippen LogP contribution in [0.15, 0.2) is 54.9 Å². The molecule has 0 aliphatic carbocycles. The van der Waals surface area contributed by atoms with Gasteiger partial charge >= 0.3 is 0 Å². The first kappa shape index (κ1) is 18.7. The van der Waals surface area contributed by atoms with Crippen molar-refractivity contribution >= 4 is 23.4 Å². The van der Waals surface area contributed by atoms with Crippen molar-refractivity contribution in [3.8, 4) is 0 Å². The van der Waals surface area contributed by atoms with Crippen molar-refractivity contribution in [3.05, 3.63) is 72.2 Å². The third-order valence-corrected chi connectivity index (χ3v) is 4.61. The molecule has 1 saturated heterocycles. The number of piperazine rings is 1. The Morgan fingerprint density at radius 2 is 1.59 bits per heavy atom. The largest absolute Gasteiger partial charge is 0.353 e. The van der Waals surface area contributed by atoms with Crippen molar-refractivity contribution in [3.63, 3.8) is 0 Å². The summed E-state index contributed by atoms with van der Waals surface area (Å²) in [6, 6.07) is 10.6. The molecule has 1 aromatic carbocycles. The third-order valence-electron chi connectivity index (χ3n) is 4.61. The Morgan fingerprint density at radius 1 is 0.862 bits per heavy atom. The number of benzene rings is 1. The molecule has 0 saturated carbocycles. The highest BCUT2D eigenvalue weighted by molar-refractivity contribution is 6.03. The molecule has 3 heterocycles. The van der Waals surface area contributed by atoms with E-state index in [0.29, 0.717) is 19.0 Å². The zero-order chi connectivity index (χ0) is 20.2. The molecule has 0 radical (unpaired) electrons. The van der Waals surface area contributed by atoms with Crippen LogP contribution in [0.25, 0.3) is 0 Å². The molecule has 3 aromatic rings. The van der Waals surface area contributed by atoms with Gasteiger partial charge in [0.1, 0.15) is 28.8 Å². The summed E-state index contributed by atoms with van der Waals surface area (Å²) in [6.07, 6.45) is 3.21. The van der Waals surface area contributed by atoms with E-state index in [1.807, 2.05) is 23.1 Å². The van der Waals surface area contributed by atoms with Crippen molar-refractivity contribution in [2.45, 2.75) is 0 Å². The Kier molecular flexibility index (Phi) is 5.28. The Bertz CT molecular complexity index is 989. The first-order valence-corrected chi connectivity index (χ1v) is 9.11. The number of halogens is 2. The molecule has 29 heavy (non-hydrogen) atoms. The van der Waals surface area contributed by atoms with Crippen LogP contribution < -0.4 is 15.1 Å². The minimum Gasteiger partial charge on any atom is -0.353 e. The molecule has 1 aliphatic heterocycles. The Hall–Kier alpha value is -3.62. The Balaban J connectivity index is 1.44. The highest BCUT2D eigenvalue weighted by Gasteiger charge is 2.21. The summed E-state index contributed by atoms with van der Waals surface area (Å²) >= 11 is 0. The van der Waals surface area contributed by atoms with E-state index in [-0.39, 0.29) is 5.69 Å². The second-order valence-electron chi connectivity index (χ2n) is 6.45. The van der Waals surface area contributed by atoms with E-state index in [1.54, 1.807) is 6.20 Å². The number of hydrogen-bond acceptors (Lipinski definition) is 6. The molecule has 1 fully saturated rings.